The lowest BCUT2D eigenvalue weighted by molar-refractivity contribution is -0.392. The summed E-state index contributed by atoms with van der Waals surface area (Å²) in [6, 6.07) is 0. The van der Waals surface area contributed by atoms with Crippen LogP contribution in [0.25, 0.3) is 0 Å². The van der Waals surface area contributed by atoms with E-state index in [0.717, 1.165) is 31.9 Å². The molecule has 7 heteroatoms. The molecule has 0 unspecified atom stereocenters. The van der Waals surface area contributed by atoms with Crippen molar-refractivity contribution in [3.8, 4) is 0 Å². The number of imidazole rings is 1. The van der Waals surface area contributed by atoms with Crippen molar-refractivity contribution in [2.45, 2.75) is 38.6 Å². The van der Waals surface area contributed by atoms with Gasteiger partial charge in [0.05, 0.1) is 6.54 Å². The molecule has 0 saturated heterocycles. The Morgan fingerprint density at radius 2 is 2.17 bits per heavy atom. The second kappa shape index (κ2) is 5.16. The summed E-state index contributed by atoms with van der Waals surface area (Å²) in [6.45, 7) is 0.453. The second-order valence-corrected chi connectivity index (χ2v) is 4.68. The van der Waals surface area contributed by atoms with Gasteiger partial charge in [0.2, 0.25) is 0 Å². The van der Waals surface area contributed by atoms with Crippen LogP contribution < -0.4 is 5.73 Å². The third kappa shape index (κ3) is 2.49. The molecule has 18 heavy (non-hydrogen) atoms. The van der Waals surface area contributed by atoms with Crippen molar-refractivity contribution >= 4 is 11.7 Å². The van der Waals surface area contributed by atoms with Gasteiger partial charge in [0.1, 0.15) is 6.20 Å². The average Bonchev–Trinajstić information content (AvgIpc) is 2.74. The van der Waals surface area contributed by atoms with Crippen LogP contribution in [0.1, 0.15) is 42.7 Å². The molecule has 1 heterocycles. The minimum atomic E-state index is -0.723. The van der Waals surface area contributed by atoms with Crippen molar-refractivity contribution in [2.75, 3.05) is 0 Å². The van der Waals surface area contributed by atoms with E-state index in [2.05, 4.69) is 4.98 Å². The van der Waals surface area contributed by atoms with Crippen molar-refractivity contribution < 1.29 is 9.72 Å². The maximum atomic E-state index is 11.2. The van der Waals surface area contributed by atoms with Gasteiger partial charge in [-0.25, -0.2) is 9.55 Å². The smallest absolute Gasteiger partial charge is 0.343 e. The quantitative estimate of drug-likeness (QED) is 0.647. The van der Waals surface area contributed by atoms with Gasteiger partial charge in [-0.1, -0.05) is 19.3 Å². The van der Waals surface area contributed by atoms with Gasteiger partial charge in [-0.3, -0.25) is 4.79 Å². The first-order valence-corrected chi connectivity index (χ1v) is 6.09. The van der Waals surface area contributed by atoms with Crippen LogP contribution in [0.15, 0.2) is 6.20 Å². The average molecular weight is 252 g/mol. The lowest BCUT2D eigenvalue weighted by Crippen LogP contribution is -2.23. The van der Waals surface area contributed by atoms with E-state index in [0.29, 0.717) is 12.5 Å². The highest BCUT2D eigenvalue weighted by molar-refractivity contribution is 5.89. The fraction of sp³-hybridized carbons (Fsp3) is 0.636. The fourth-order valence-electron chi connectivity index (χ4n) is 2.52. The minimum Gasteiger partial charge on any atom is -0.361 e. The summed E-state index contributed by atoms with van der Waals surface area (Å²) in [5.74, 6) is -0.537. The largest absolute Gasteiger partial charge is 0.361 e. The zero-order chi connectivity index (χ0) is 13.1. The molecule has 0 aromatic carbocycles. The predicted octanol–water partition coefficient (Wildman–Crippen LogP) is 1.47. The highest BCUT2D eigenvalue weighted by Crippen LogP contribution is 2.27. The Morgan fingerprint density at radius 1 is 1.50 bits per heavy atom. The summed E-state index contributed by atoms with van der Waals surface area (Å²) in [5, 5.41) is 10.9. The molecular formula is C11H16N4O3. The Kier molecular flexibility index (Phi) is 3.59. The van der Waals surface area contributed by atoms with Crippen LogP contribution in [-0.2, 0) is 6.54 Å². The van der Waals surface area contributed by atoms with Gasteiger partial charge in [0, 0.05) is 0 Å². The molecule has 2 N–H and O–H groups in total. The molecule has 0 atom stereocenters. The molecule has 0 bridgehead atoms. The van der Waals surface area contributed by atoms with E-state index >= 15 is 0 Å². The van der Waals surface area contributed by atoms with Crippen LogP contribution in [0.4, 0.5) is 5.82 Å². The SMILES string of the molecule is NC(=O)c1ncc([N+](=O)[O-])n1CC1CCCCC1. The maximum Gasteiger partial charge on any atom is 0.343 e. The fourth-order valence-corrected chi connectivity index (χ4v) is 2.52. The Hall–Kier alpha value is -1.92. The van der Waals surface area contributed by atoms with E-state index in [4.69, 9.17) is 5.73 Å². The number of carbonyl (C=O) groups excluding carboxylic acids is 1. The number of hydrogen-bond donors (Lipinski definition) is 1. The van der Waals surface area contributed by atoms with Crippen molar-refractivity contribution in [3.05, 3.63) is 22.1 Å². The van der Waals surface area contributed by atoms with Gasteiger partial charge in [0.25, 0.3) is 5.82 Å². The lowest BCUT2D eigenvalue weighted by atomic mass is 9.89. The summed E-state index contributed by atoms with van der Waals surface area (Å²) < 4.78 is 1.35. The molecule has 98 valence electrons. The number of hydrogen-bond acceptors (Lipinski definition) is 4. The predicted molar refractivity (Wildman–Crippen MR) is 64.0 cm³/mol. The molecule has 1 aromatic heterocycles. The van der Waals surface area contributed by atoms with E-state index < -0.39 is 10.8 Å². The summed E-state index contributed by atoms with van der Waals surface area (Å²) in [5.41, 5.74) is 5.19. The number of amides is 1. The Balaban J connectivity index is 2.25. The van der Waals surface area contributed by atoms with Crippen LogP contribution in [-0.4, -0.2) is 20.4 Å². The monoisotopic (exact) mass is 252 g/mol. The summed E-state index contributed by atoms with van der Waals surface area (Å²) in [7, 11) is 0. The Labute approximate surface area is 104 Å². The molecule has 0 aliphatic heterocycles. The van der Waals surface area contributed by atoms with Crippen LogP contribution in [0.2, 0.25) is 0 Å². The zero-order valence-corrected chi connectivity index (χ0v) is 10.0. The van der Waals surface area contributed by atoms with Gasteiger partial charge < -0.3 is 15.8 Å². The first-order chi connectivity index (χ1) is 8.59. The zero-order valence-electron chi connectivity index (χ0n) is 10.0. The number of nitrogens with zero attached hydrogens (tertiary/aromatic N) is 3. The third-order valence-corrected chi connectivity index (χ3v) is 3.41. The van der Waals surface area contributed by atoms with E-state index in [1.54, 1.807) is 0 Å². The van der Waals surface area contributed by atoms with Crippen LogP contribution in [0.3, 0.4) is 0 Å². The highest BCUT2D eigenvalue weighted by atomic mass is 16.6. The normalized spacial score (nSPS) is 16.7. The summed E-state index contributed by atoms with van der Waals surface area (Å²) in [6.07, 6.45) is 6.66. The third-order valence-electron chi connectivity index (χ3n) is 3.41. The van der Waals surface area contributed by atoms with E-state index in [1.807, 2.05) is 0 Å². The van der Waals surface area contributed by atoms with E-state index in [-0.39, 0.29) is 11.6 Å². The summed E-state index contributed by atoms with van der Waals surface area (Å²) in [4.78, 5) is 25.3. The number of aromatic nitrogens is 2. The molecule has 2 rings (SSSR count). The molecule has 1 fully saturated rings. The number of carbonyl (C=O) groups is 1. The topological polar surface area (TPSA) is 104 Å². The Morgan fingerprint density at radius 3 is 2.72 bits per heavy atom. The molecule has 0 spiro atoms. The lowest BCUT2D eigenvalue weighted by Gasteiger charge is -2.20. The first kappa shape index (κ1) is 12.5. The molecule has 7 nitrogen and oxygen atoms in total. The van der Waals surface area contributed by atoms with E-state index in [9.17, 15) is 14.9 Å². The van der Waals surface area contributed by atoms with Gasteiger partial charge in [-0.2, -0.15) is 0 Å². The molecule has 1 saturated carbocycles. The van der Waals surface area contributed by atoms with Crippen LogP contribution in [0.5, 0.6) is 0 Å². The van der Waals surface area contributed by atoms with Crippen molar-refractivity contribution in [1.29, 1.82) is 0 Å². The molecule has 1 aliphatic rings. The molecular weight excluding hydrogens is 236 g/mol. The Bertz CT molecular complexity index is 431. The van der Waals surface area contributed by atoms with Gasteiger partial charge in [-0.15, -0.1) is 0 Å². The number of primary amides is 1. The maximum absolute atomic E-state index is 11.2. The second-order valence-electron chi connectivity index (χ2n) is 4.68. The summed E-state index contributed by atoms with van der Waals surface area (Å²) >= 11 is 0. The highest BCUT2D eigenvalue weighted by Gasteiger charge is 2.27. The molecule has 1 aliphatic carbocycles. The number of rotatable bonds is 4. The molecule has 1 aromatic rings. The van der Waals surface area contributed by atoms with Gasteiger partial charge >= 0.3 is 11.7 Å². The molecule has 0 radical (unpaired) electrons. The van der Waals surface area contributed by atoms with Crippen molar-refractivity contribution in [2.24, 2.45) is 11.7 Å². The number of nitrogens with two attached hydrogens (primary N) is 1. The number of nitro groups is 1. The minimum absolute atomic E-state index is 0.0210. The van der Waals surface area contributed by atoms with Crippen molar-refractivity contribution in [1.82, 2.24) is 9.55 Å². The first-order valence-electron chi connectivity index (χ1n) is 6.09. The standard InChI is InChI=1S/C11H16N4O3/c12-10(16)11-13-6-9(15(17)18)14(11)7-8-4-2-1-3-5-8/h6,8H,1-5,7H2,(H2,12,16). The van der Waals surface area contributed by atoms with Gasteiger partial charge in [-0.05, 0) is 23.7 Å². The van der Waals surface area contributed by atoms with Crippen LogP contribution in [0, 0.1) is 16.0 Å². The van der Waals surface area contributed by atoms with Crippen LogP contribution >= 0.6 is 0 Å². The van der Waals surface area contributed by atoms with Gasteiger partial charge in [0.15, 0.2) is 0 Å². The van der Waals surface area contributed by atoms with Crippen molar-refractivity contribution in [3.63, 3.8) is 0 Å². The molecule has 1 amide bonds. The van der Waals surface area contributed by atoms with E-state index in [1.165, 1.54) is 11.0 Å².